The minimum atomic E-state index is -0.193. The molecule has 0 aliphatic carbocycles. The number of benzene rings is 3. The number of para-hydroxylation sites is 1. The maximum absolute atomic E-state index is 13.1. The summed E-state index contributed by atoms with van der Waals surface area (Å²) in [6.07, 6.45) is 3.65. The van der Waals surface area contributed by atoms with Crippen LogP contribution in [0.25, 0.3) is 28.7 Å². The highest BCUT2D eigenvalue weighted by Crippen LogP contribution is 2.19. The Hall–Kier alpha value is -3.37. The molecular weight excluding hydrogens is 360 g/mol. The number of nitrogens with zero attached hydrogens (tertiary/aromatic N) is 2. The number of phenols is 1. The quantitative estimate of drug-likeness (QED) is 0.554. The van der Waals surface area contributed by atoms with Gasteiger partial charge in [0, 0.05) is 11.1 Å². The van der Waals surface area contributed by atoms with E-state index < -0.39 is 0 Å². The maximum Gasteiger partial charge on any atom is 0.266 e. The molecule has 1 heterocycles. The largest absolute Gasteiger partial charge is 0.508 e. The number of fused-ring (bicyclic) bond motifs is 1. The monoisotopic (exact) mass is 374 g/mol. The Morgan fingerprint density at radius 3 is 2.48 bits per heavy atom. The normalized spacial score (nSPS) is 11.3. The first-order chi connectivity index (χ1) is 13.1. The molecule has 0 saturated carbocycles. The molecule has 4 aromatic rings. The van der Waals surface area contributed by atoms with Gasteiger partial charge in [-0.05, 0) is 48.0 Å². The number of rotatable bonds is 3. The summed E-state index contributed by atoms with van der Waals surface area (Å²) >= 11 is 5.93. The molecule has 0 fully saturated rings. The van der Waals surface area contributed by atoms with E-state index in [4.69, 9.17) is 11.6 Å². The minimum absolute atomic E-state index is 0.0835. The summed E-state index contributed by atoms with van der Waals surface area (Å²) in [4.78, 5) is 17.8. The molecule has 0 saturated heterocycles. The van der Waals surface area contributed by atoms with E-state index in [0.717, 1.165) is 5.56 Å². The Labute approximate surface area is 160 Å². The Bertz CT molecular complexity index is 1210. The van der Waals surface area contributed by atoms with E-state index in [1.807, 2.05) is 30.3 Å². The molecule has 0 aliphatic heterocycles. The molecule has 0 atom stereocenters. The Balaban J connectivity index is 1.93. The van der Waals surface area contributed by atoms with Crippen molar-refractivity contribution in [2.75, 3.05) is 0 Å². The first-order valence-electron chi connectivity index (χ1n) is 8.37. The lowest BCUT2D eigenvalue weighted by Gasteiger charge is -2.11. The predicted octanol–water partition coefficient (Wildman–Crippen LogP) is 4.92. The zero-order valence-corrected chi connectivity index (χ0v) is 15.0. The van der Waals surface area contributed by atoms with Crippen LogP contribution in [0.4, 0.5) is 0 Å². The van der Waals surface area contributed by atoms with Crippen molar-refractivity contribution in [2.45, 2.75) is 0 Å². The number of halogens is 1. The molecule has 0 amide bonds. The minimum Gasteiger partial charge on any atom is -0.508 e. The number of phenolic OH excluding ortho intramolecular Hbond substituents is 1. The fourth-order valence-corrected chi connectivity index (χ4v) is 3.01. The van der Waals surface area contributed by atoms with E-state index in [0.29, 0.717) is 27.4 Å². The molecule has 4 nitrogen and oxygen atoms in total. The zero-order valence-electron chi connectivity index (χ0n) is 14.2. The topological polar surface area (TPSA) is 55.1 Å². The lowest BCUT2D eigenvalue weighted by molar-refractivity contribution is 0.475. The third-order valence-electron chi connectivity index (χ3n) is 4.18. The molecule has 0 aliphatic rings. The van der Waals surface area contributed by atoms with Crippen molar-refractivity contribution in [1.82, 2.24) is 9.55 Å². The molecule has 0 radical (unpaired) electrons. The van der Waals surface area contributed by atoms with Gasteiger partial charge in [-0.25, -0.2) is 4.98 Å². The second-order valence-electron chi connectivity index (χ2n) is 6.03. The third kappa shape index (κ3) is 3.48. The van der Waals surface area contributed by atoms with E-state index in [2.05, 4.69) is 4.98 Å². The van der Waals surface area contributed by atoms with Gasteiger partial charge in [-0.1, -0.05) is 48.0 Å². The van der Waals surface area contributed by atoms with Crippen molar-refractivity contribution < 1.29 is 5.11 Å². The van der Waals surface area contributed by atoms with Crippen molar-refractivity contribution in [1.29, 1.82) is 0 Å². The number of aromatic hydroxyl groups is 1. The molecule has 1 aromatic heterocycles. The standard InChI is InChI=1S/C22H15ClN2O2/c23-16-11-8-15(9-12-16)10-13-21-24-20-7-2-1-6-19(20)22(27)25(21)17-4-3-5-18(26)14-17/h1-14,26H/b13-10+. The smallest absolute Gasteiger partial charge is 0.266 e. The Morgan fingerprint density at radius 2 is 1.70 bits per heavy atom. The summed E-state index contributed by atoms with van der Waals surface area (Å²) < 4.78 is 1.49. The summed E-state index contributed by atoms with van der Waals surface area (Å²) in [7, 11) is 0. The van der Waals surface area contributed by atoms with Crippen molar-refractivity contribution in [2.24, 2.45) is 0 Å². The van der Waals surface area contributed by atoms with Crippen LogP contribution >= 0.6 is 11.6 Å². The van der Waals surface area contributed by atoms with Gasteiger partial charge >= 0.3 is 0 Å². The van der Waals surface area contributed by atoms with Gasteiger partial charge in [0.15, 0.2) is 0 Å². The fraction of sp³-hybridized carbons (Fsp3) is 0. The van der Waals surface area contributed by atoms with Crippen molar-refractivity contribution in [3.8, 4) is 11.4 Å². The van der Waals surface area contributed by atoms with Crippen molar-refractivity contribution in [3.05, 3.63) is 99.6 Å². The molecule has 132 valence electrons. The maximum atomic E-state index is 13.1. The van der Waals surface area contributed by atoms with Gasteiger partial charge in [-0.2, -0.15) is 0 Å². The lowest BCUT2D eigenvalue weighted by atomic mass is 10.2. The number of aromatic nitrogens is 2. The molecule has 3 aromatic carbocycles. The van der Waals surface area contributed by atoms with E-state index >= 15 is 0 Å². The SMILES string of the molecule is O=c1c2ccccc2nc(/C=C/c2ccc(Cl)cc2)n1-c1cccc(O)c1. The van der Waals surface area contributed by atoms with Crippen LogP contribution in [-0.2, 0) is 0 Å². The van der Waals surface area contributed by atoms with Gasteiger partial charge in [0.2, 0.25) is 0 Å². The van der Waals surface area contributed by atoms with E-state index in [9.17, 15) is 9.90 Å². The van der Waals surface area contributed by atoms with Crippen LogP contribution in [-0.4, -0.2) is 14.7 Å². The van der Waals surface area contributed by atoms with Gasteiger partial charge < -0.3 is 5.11 Å². The molecule has 4 rings (SSSR count). The van der Waals surface area contributed by atoms with Crippen molar-refractivity contribution >= 4 is 34.7 Å². The average molecular weight is 375 g/mol. The second kappa shape index (κ2) is 7.09. The summed E-state index contributed by atoms with van der Waals surface area (Å²) in [5.41, 5.74) is 1.91. The van der Waals surface area contributed by atoms with Crippen LogP contribution in [0.5, 0.6) is 5.75 Å². The second-order valence-corrected chi connectivity index (χ2v) is 6.47. The van der Waals surface area contributed by atoms with Crippen LogP contribution < -0.4 is 5.56 Å². The molecule has 0 bridgehead atoms. The highest BCUT2D eigenvalue weighted by molar-refractivity contribution is 6.30. The Kier molecular flexibility index (Phi) is 4.48. The molecule has 1 N–H and O–H groups in total. The average Bonchev–Trinajstić information content (AvgIpc) is 2.68. The zero-order chi connectivity index (χ0) is 18.8. The summed E-state index contributed by atoms with van der Waals surface area (Å²) in [5.74, 6) is 0.555. The van der Waals surface area contributed by atoms with Gasteiger partial charge in [-0.3, -0.25) is 9.36 Å². The lowest BCUT2D eigenvalue weighted by Crippen LogP contribution is -2.22. The van der Waals surface area contributed by atoms with Gasteiger partial charge in [0.05, 0.1) is 16.6 Å². The molecule has 27 heavy (non-hydrogen) atoms. The van der Waals surface area contributed by atoms with E-state index in [-0.39, 0.29) is 11.3 Å². The van der Waals surface area contributed by atoms with E-state index in [1.54, 1.807) is 48.5 Å². The molecule has 0 spiro atoms. The predicted molar refractivity (Wildman–Crippen MR) is 109 cm³/mol. The van der Waals surface area contributed by atoms with Crippen LogP contribution in [0.1, 0.15) is 11.4 Å². The van der Waals surface area contributed by atoms with Crippen LogP contribution in [0.3, 0.4) is 0 Å². The van der Waals surface area contributed by atoms with Gasteiger partial charge in [0.25, 0.3) is 5.56 Å². The number of hydrogen-bond donors (Lipinski definition) is 1. The first-order valence-corrected chi connectivity index (χ1v) is 8.74. The van der Waals surface area contributed by atoms with Crippen LogP contribution in [0.2, 0.25) is 5.02 Å². The van der Waals surface area contributed by atoms with Gasteiger partial charge in [0.1, 0.15) is 11.6 Å². The summed E-state index contributed by atoms with van der Waals surface area (Å²) in [6.45, 7) is 0. The van der Waals surface area contributed by atoms with Gasteiger partial charge in [-0.15, -0.1) is 0 Å². The molecular formula is C22H15ClN2O2. The fourth-order valence-electron chi connectivity index (χ4n) is 2.89. The van der Waals surface area contributed by atoms with Crippen LogP contribution in [0.15, 0.2) is 77.6 Å². The summed E-state index contributed by atoms with van der Waals surface area (Å²) in [5, 5.41) is 11.0. The van der Waals surface area contributed by atoms with Crippen LogP contribution in [0, 0.1) is 0 Å². The van der Waals surface area contributed by atoms with E-state index in [1.165, 1.54) is 10.6 Å². The van der Waals surface area contributed by atoms with Crippen molar-refractivity contribution in [3.63, 3.8) is 0 Å². The number of hydrogen-bond acceptors (Lipinski definition) is 3. The third-order valence-corrected chi connectivity index (χ3v) is 4.44. The molecule has 5 heteroatoms. The molecule has 0 unspecified atom stereocenters. The highest BCUT2D eigenvalue weighted by atomic mass is 35.5. The highest BCUT2D eigenvalue weighted by Gasteiger charge is 2.11. The first kappa shape index (κ1) is 17.1. The Morgan fingerprint density at radius 1 is 0.926 bits per heavy atom. The summed E-state index contributed by atoms with van der Waals surface area (Å²) in [6, 6.07) is 21.1.